The average molecular weight is 235 g/mol. The van der Waals surface area contributed by atoms with Crippen molar-refractivity contribution in [1.82, 2.24) is 4.90 Å². The van der Waals surface area contributed by atoms with Crippen LogP contribution in [0, 0.1) is 0 Å². The molecule has 0 spiro atoms. The number of ketones is 1. The minimum atomic E-state index is -0.106. The van der Waals surface area contributed by atoms with Gasteiger partial charge in [0.1, 0.15) is 5.75 Å². The van der Waals surface area contributed by atoms with Gasteiger partial charge in [0.05, 0.1) is 5.56 Å². The summed E-state index contributed by atoms with van der Waals surface area (Å²) in [5.74, 6) is 0.278. The molecule has 0 aliphatic heterocycles. The molecule has 0 saturated carbocycles. The molecule has 0 bridgehead atoms. The first-order valence-electron chi connectivity index (χ1n) is 5.53. The van der Waals surface area contributed by atoms with Crippen LogP contribution >= 0.6 is 0 Å². The zero-order valence-corrected chi connectivity index (χ0v) is 10.4. The Kier molecular flexibility index (Phi) is 4.69. The van der Waals surface area contributed by atoms with E-state index in [0.29, 0.717) is 17.9 Å². The molecule has 0 aliphatic carbocycles. The molecule has 0 saturated heterocycles. The Morgan fingerprint density at radius 1 is 1.29 bits per heavy atom. The van der Waals surface area contributed by atoms with E-state index < -0.39 is 0 Å². The lowest BCUT2D eigenvalue weighted by atomic mass is 10.1. The van der Waals surface area contributed by atoms with E-state index in [9.17, 15) is 9.59 Å². The molecule has 1 rings (SSSR count). The van der Waals surface area contributed by atoms with Crippen molar-refractivity contribution in [3.8, 4) is 5.75 Å². The van der Waals surface area contributed by atoms with E-state index in [-0.39, 0.29) is 18.3 Å². The summed E-state index contributed by atoms with van der Waals surface area (Å²) in [6.45, 7) is 3.95. The van der Waals surface area contributed by atoms with Crippen molar-refractivity contribution < 1.29 is 14.3 Å². The van der Waals surface area contributed by atoms with Gasteiger partial charge in [-0.1, -0.05) is 12.1 Å². The molecule has 1 amide bonds. The van der Waals surface area contributed by atoms with Crippen LogP contribution in [0.3, 0.4) is 0 Å². The van der Waals surface area contributed by atoms with E-state index >= 15 is 0 Å². The van der Waals surface area contributed by atoms with Crippen molar-refractivity contribution in [2.24, 2.45) is 0 Å². The first-order chi connectivity index (χ1) is 8.06. The second kappa shape index (κ2) is 6.03. The molecule has 0 fully saturated rings. The van der Waals surface area contributed by atoms with E-state index in [1.807, 2.05) is 6.92 Å². The zero-order valence-electron chi connectivity index (χ0n) is 10.4. The summed E-state index contributed by atoms with van der Waals surface area (Å²) >= 11 is 0. The minimum absolute atomic E-state index is 0.0470. The van der Waals surface area contributed by atoms with E-state index in [1.165, 1.54) is 6.92 Å². The van der Waals surface area contributed by atoms with Gasteiger partial charge in [0, 0.05) is 13.6 Å². The number of carbonyl (C=O) groups is 2. The standard InChI is InChI=1S/C13H17NO3/c1-4-14(3)13(16)9-17-12-8-6-5-7-11(12)10(2)15/h5-8H,4,9H2,1-3H3. The predicted octanol–water partition coefficient (Wildman–Crippen LogP) is 1.75. The van der Waals surface area contributed by atoms with Crippen LogP contribution in [0.15, 0.2) is 24.3 Å². The maximum Gasteiger partial charge on any atom is 0.260 e. The summed E-state index contributed by atoms with van der Waals surface area (Å²) in [7, 11) is 1.71. The SMILES string of the molecule is CCN(C)C(=O)COc1ccccc1C(C)=O. The number of ether oxygens (including phenoxy) is 1. The molecule has 0 N–H and O–H groups in total. The molecule has 92 valence electrons. The number of likely N-dealkylation sites (N-methyl/N-ethyl adjacent to an activating group) is 1. The van der Waals surface area contributed by atoms with Gasteiger partial charge in [-0.15, -0.1) is 0 Å². The Labute approximate surface area is 101 Å². The largest absolute Gasteiger partial charge is 0.483 e. The number of hydrogen-bond donors (Lipinski definition) is 0. The molecule has 4 nitrogen and oxygen atoms in total. The lowest BCUT2D eigenvalue weighted by Crippen LogP contribution is -2.31. The highest BCUT2D eigenvalue weighted by atomic mass is 16.5. The highest BCUT2D eigenvalue weighted by molar-refractivity contribution is 5.96. The van der Waals surface area contributed by atoms with Crippen LogP contribution in [0.1, 0.15) is 24.2 Å². The van der Waals surface area contributed by atoms with E-state index in [0.717, 1.165) is 0 Å². The molecule has 1 aromatic carbocycles. The van der Waals surface area contributed by atoms with Gasteiger partial charge < -0.3 is 9.64 Å². The molecule has 0 unspecified atom stereocenters. The number of para-hydroxylation sites is 1. The van der Waals surface area contributed by atoms with E-state index in [4.69, 9.17) is 4.74 Å². The molecular formula is C13H17NO3. The summed E-state index contributed by atoms with van der Waals surface area (Å²) in [6.07, 6.45) is 0. The lowest BCUT2D eigenvalue weighted by molar-refractivity contribution is -0.131. The molecule has 0 radical (unpaired) electrons. The Hall–Kier alpha value is -1.84. The van der Waals surface area contributed by atoms with Crippen molar-refractivity contribution in [1.29, 1.82) is 0 Å². The molecule has 17 heavy (non-hydrogen) atoms. The molecule has 4 heteroatoms. The third-order valence-electron chi connectivity index (χ3n) is 2.52. The number of Topliss-reactive ketones (excluding diaryl/α,β-unsaturated/α-hetero) is 1. The Balaban J connectivity index is 2.69. The molecule has 0 heterocycles. The average Bonchev–Trinajstić information content (AvgIpc) is 2.35. The number of hydrogen-bond acceptors (Lipinski definition) is 3. The van der Waals surface area contributed by atoms with E-state index in [1.54, 1.807) is 36.2 Å². The van der Waals surface area contributed by atoms with Gasteiger partial charge >= 0.3 is 0 Å². The second-order valence-corrected chi connectivity index (χ2v) is 3.75. The van der Waals surface area contributed by atoms with Crippen molar-refractivity contribution in [2.45, 2.75) is 13.8 Å². The molecule has 1 aromatic rings. The highest BCUT2D eigenvalue weighted by Crippen LogP contribution is 2.18. The summed E-state index contributed by atoms with van der Waals surface area (Å²) < 4.78 is 5.37. The summed E-state index contributed by atoms with van der Waals surface area (Å²) in [5, 5.41) is 0. The normalized spacial score (nSPS) is 9.82. The fraction of sp³-hybridized carbons (Fsp3) is 0.385. The number of amides is 1. The third-order valence-corrected chi connectivity index (χ3v) is 2.52. The van der Waals surface area contributed by atoms with Gasteiger partial charge in [-0.25, -0.2) is 0 Å². The number of nitrogens with zero attached hydrogens (tertiary/aromatic N) is 1. The Morgan fingerprint density at radius 3 is 2.53 bits per heavy atom. The molecule has 0 aromatic heterocycles. The first-order valence-corrected chi connectivity index (χ1v) is 5.53. The maximum atomic E-state index is 11.5. The van der Waals surface area contributed by atoms with Gasteiger partial charge in [-0.05, 0) is 26.0 Å². The quantitative estimate of drug-likeness (QED) is 0.730. The smallest absolute Gasteiger partial charge is 0.260 e. The fourth-order valence-electron chi connectivity index (χ4n) is 1.31. The third kappa shape index (κ3) is 3.59. The topological polar surface area (TPSA) is 46.6 Å². The van der Waals surface area contributed by atoms with E-state index in [2.05, 4.69) is 0 Å². The van der Waals surface area contributed by atoms with Crippen molar-refractivity contribution >= 4 is 11.7 Å². The minimum Gasteiger partial charge on any atom is -0.483 e. The Morgan fingerprint density at radius 2 is 1.94 bits per heavy atom. The fourth-order valence-corrected chi connectivity index (χ4v) is 1.31. The van der Waals surface area contributed by atoms with Gasteiger partial charge in [0.25, 0.3) is 5.91 Å². The predicted molar refractivity (Wildman–Crippen MR) is 65.3 cm³/mol. The van der Waals surface area contributed by atoms with Crippen LogP contribution in [0.25, 0.3) is 0 Å². The van der Waals surface area contributed by atoms with Crippen LogP contribution in [0.5, 0.6) is 5.75 Å². The second-order valence-electron chi connectivity index (χ2n) is 3.75. The Bertz CT molecular complexity index is 415. The lowest BCUT2D eigenvalue weighted by Gasteiger charge is -2.15. The van der Waals surface area contributed by atoms with Crippen LogP contribution in [-0.4, -0.2) is 36.8 Å². The van der Waals surface area contributed by atoms with Crippen molar-refractivity contribution in [3.05, 3.63) is 29.8 Å². The zero-order chi connectivity index (χ0) is 12.8. The van der Waals surface area contributed by atoms with Crippen molar-refractivity contribution in [2.75, 3.05) is 20.2 Å². The molecule has 0 aliphatic rings. The van der Waals surface area contributed by atoms with Gasteiger partial charge in [-0.3, -0.25) is 9.59 Å². The maximum absolute atomic E-state index is 11.5. The van der Waals surface area contributed by atoms with Crippen molar-refractivity contribution in [3.63, 3.8) is 0 Å². The van der Waals surface area contributed by atoms with Gasteiger partial charge in [0.15, 0.2) is 12.4 Å². The number of rotatable bonds is 5. The van der Waals surface area contributed by atoms with Crippen LogP contribution in [0.2, 0.25) is 0 Å². The molecule has 0 atom stereocenters. The van der Waals surface area contributed by atoms with Gasteiger partial charge in [0.2, 0.25) is 0 Å². The van der Waals surface area contributed by atoms with Crippen LogP contribution < -0.4 is 4.74 Å². The highest BCUT2D eigenvalue weighted by Gasteiger charge is 2.11. The molecular weight excluding hydrogens is 218 g/mol. The summed E-state index contributed by atoms with van der Waals surface area (Å²) in [5.41, 5.74) is 0.499. The number of carbonyl (C=O) groups excluding carboxylic acids is 2. The summed E-state index contributed by atoms with van der Waals surface area (Å²) in [4.78, 5) is 24.4. The number of benzene rings is 1. The van der Waals surface area contributed by atoms with Crippen LogP contribution in [-0.2, 0) is 4.79 Å². The monoisotopic (exact) mass is 235 g/mol. The first kappa shape index (κ1) is 13.2. The van der Waals surface area contributed by atoms with Gasteiger partial charge in [-0.2, -0.15) is 0 Å². The summed E-state index contributed by atoms with van der Waals surface area (Å²) in [6, 6.07) is 6.92. The van der Waals surface area contributed by atoms with Crippen LogP contribution in [0.4, 0.5) is 0 Å².